The number of likely N-dealkylation sites (tertiary alicyclic amines) is 1. The summed E-state index contributed by atoms with van der Waals surface area (Å²) in [5, 5.41) is 15.0. The van der Waals surface area contributed by atoms with Crippen LogP contribution in [0.25, 0.3) is 5.65 Å². The Bertz CT molecular complexity index is 1950. The van der Waals surface area contributed by atoms with Gasteiger partial charge in [0.15, 0.2) is 17.2 Å². The van der Waals surface area contributed by atoms with Gasteiger partial charge < -0.3 is 20.1 Å². The first-order valence-electron chi connectivity index (χ1n) is 16.3. The zero-order chi connectivity index (χ0) is 34.4. The maximum absolute atomic E-state index is 13.5. The van der Waals surface area contributed by atoms with E-state index in [9.17, 15) is 13.2 Å². The molecule has 0 saturated carbocycles. The molecule has 0 spiro atoms. The van der Waals surface area contributed by atoms with Crippen molar-refractivity contribution in [3.05, 3.63) is 77.2 Å². The van der Waals surface area contributed by atoms with Crippen LogP contribution in [0.4, 0.5) is 16.2 Å². The first-order valence-corrected chi connectivity index (χ1v) is 18.2. The van der Waals surface area contributed by atoms with Gasteiger partial charge in [0, 0.05) is 0 Å². The van der Waals surface area contributed by atoms with Crippen LogP contribution in [0.3, 0.4) is 0 Å². The number of fused-ring (bicyclic) bond motifs is 2. The summed E-state index contributed by atoms with van der Waals surface area (Å²) in [6.45, 7) is 9.27. The first-order chi connectivity index (χ1) is 22.7. The number of amides is 2. The molecule has 256 valence electrons. The maximum atomic E-state index is 13.5. The van der Waals surface area contributed by atoms with Crippen LogP contribution in [-0.4, -0.2) is 60.9 Å². The van der Waals surface area contributed by atoms with E-state index in [0.29, 0.717) is 18.5 Å². The summed E-state index contributed by atoms with van der Waals surface area (Å²) in [5.74, 6) is 1.86. The number of benzene rings is 2. The van der Waals surface area contributed by atoms with E-state index in [1.165, 1.54) is 7.11 Å². The van der Waals surface area contributed by atoms with E-state index >= 15 is 0 Å². The largest absolute Gasteiger partial charge is 0.492 e. The van der Waals surface area contributed by atoms with Gasteiger partial charge in [0.2, 0.25) is 10.0 Å². The summed E-state index contributed by atoms with van der Waals surface area (Å²) in [4.78, 5) is 15.8. The van der Waals surface area contributed by atoms with E-state index in [1.54, 1.807) is 6.07 Å². The first kappa shape index (κ1) is 33.5. The Hall–Kier alpha value is -4.36. The number of ether oxygens (including phenoxy) is 2. The number of nitrogens with zero attached hydrogens (tertiary/aromatic N) is 4. The van der Waals surface area contributed by atoms with Gasteiger partial charge in [-0.2, -0.15) is 0 Å². The Morgan fingerprint density at radius 1 is 1.04 bits per heavy atom. The van der Waals surface area contributed by atoms with E-state index in [-0.39, 0.29) is 34.5 Å². The third-order valence-corrected chi connectivity index (χ3v) is 10.2. The van der Waals surface area contributed by atoms with Crippen molar-refractivity contribution in [3.8, 4) is 11.5 Å². The standard InChI is InChI=1S/C35H45N7O5S/c1-34(2,3)22-19-27(31(46-6)28(20-22)40-48(7,44)45)37-33(43)36-26-14-15-29(25-12-9-8-11-24(25)26)47-23-13-16-30-38-39-32(42(30)21-23)35(4)17-10-18-41(35)5/h8-9,11-13,16,19-21,26,29,40H,10,14-15,17-18H2,1-7H3,(H2,36,37,43)/t26-,29+,35?/m0/s1. The van der Waals surface area contributed by atoms with Gasteiger partial charge in [-0.3, -0.25) is 14.0 Å². The lowest BCUT2D eigenvalue weighted by atomic mass is 9.85. The number of hydrogen-bond acceptors (Lipinski definition) is 8. The van der Waals surface area contributed by atoms with Crippen molar-refractivity contribution in [2.75, 3.05) is 37.0 Å². The average molecular weight is 676 g/mol. The third kappa shape index (κ3) is 6.66. The molecule has 1 aliphatic heterocycles. The molecular weight excluding hydrogens is 630 g/mol. The van der Waals surface area contributed by atoms with Crippen molar-refractivity contribution in [2.24, 2.45) is 0 Å². The summed E-state index contributed by atoms with van der Waals surface area (Å²) in [6.07, 6.45) is 6.31. The van der Waals surface area contributed by atoms with E-state index in [0.717, 1.165) is 59.6 Å². The number of nitrogens with one attached hydrogen (secondary N) is 3. The molecule has 3 heterocycles. The number of urea groups is 1. The smallest absolute Gasteiger partial charge is 0.319 e. The molecule has 3 N–H and O–H groups in total. The summed E-state index contributed by atoms with van der Waals surface area (Å²) in [6, 6.07) is 14.7. The predicted octanol–water partition coefficient (Wildman–Crippen LogP) is 6.12. The van der Waals surface area contributed by atoms with Crippen LogP contribution in [-0.2, 0) is 21.0 Å². The second-order valence-electron chi connectivity index (χ2n) is 14.1. The van der Waals surface area contributed by atoms with Crippen LogP contribution >= 0.6 is 0 Å². The summed E-state index contributed by atoms with van der Waals surface area (Å²) < 4.78 is 41.0. The Morgan fingerprint density at radius 3 is 2.44 bits per heavy atom. The molecule has 2 aliphatic rings. The Balaban J connectivity index is 1.22. The normalized spacial score (nSPS) is 21.5. The number of methoxy groups -OCH3 is 1. The van der Waals surface area contributed by atoms with E-state index < -0.39 is 16.1 Å². The molecule has 2 aromatic heterocycles. The molecule has 2 aromatic carbocycles. The summed E-state index contributed by atoms with van der Waals surface area (Å²) in [7, 11) is -0.0300. The van der Waals surface area contributed by atoms with Crippen LogP contribution in [0.15, 0.2) is 54.7 Å². The highest BCUT2D eigenvalue weighted by atomic mass is 32.2. The molecule has 3 atom stereocenters. The Labute approximate surface area is 282 Å². The second-order valence-corrected chi connectivity index (χ2v) is 15.9. The molecule has 0 bridgehead atoms. The number of aromatic nitrogens is 3. The van der Waals surface area contributed by atoms with Crippen molar-refractivity contribution in [2.45, 2.75) is 76.5 Å². The van der Waals surface area contributed by atoms with Crippen LogP contribution < -0.4 is 24.8 Å². The number of rotatable bonds is 8. The third-order valence-electron chi connectivity index (χ3n) is 9.58. The molecule has 12 nitrogen and oxygen atoms in total. The molecule has 6 rings (SSSR count). The van der Waals surface area contributed by atoms with Crippen molar-refractivity contribution in [3.63, 3.8) is 0 Å². The number of carbonyl (C=O) groups is 1. The van der Waals surface area contributed by atoms with Crippen molar-refractivity contribution in [1.82, 2.24) is 24.8 Å². The van der Waals surface area contributed by atoms with Gasteiger partial charge in [0.1, 0.15) is 11.9 Å². The Morgan fingerprint density at radius 2 is 1.77 bits per heavy atom. The molecule has 1 saturated heterocycles. The van der Waals surface area contributed by atoms with E-state index in [1.807, 2.05) is 73.8 Å². The van der Waals surface area contributed by atoms with Crippen molar-refractivity contribution in [1.29, 1.82) is 0 Å². The highest BCUT2D eigenvalue weighted by Gasteiger charge is 2.40. The van der Waals surface area contributed by atoms with Gasteiger partial charge in [0.05, 0.1) is 42.5 Å². The van der Waals surface area contributed by atoms with Crippen LogP contribution in [0.2, 0.25) is 0 Å². The van der Waals surface area contributed by atoms with Gasteiger partial charge >= 0.3 is 6.03 Å². The number of sulfonamides is 1. The van der Waals surface area contributed by atoms with Gasteiger partial charge in [0.25, 0.3) is 0 Å². The minimum absolute atomic E-state index is 0.196. The number of carbonyl (C=O) groups excluding carboxylic acids is 1. The summed E-state index contributed by atoms with van der Waals surface area (Å²) in [5.41, 5.74) is 3.69. The van der Waals surface area contributed by atoms with Gasteiger partial charge in [-0.05, 0) is 92.6 Å². The molecule has 48 heavy (non-hydrogen) atoms. The fourth-order valence-electron chi connectivity index (χ4n) is 6.84. The number of hydrogen-bond donors (Lipinski definition) is 3. The highest BCUT2D eigenvalue weighted by molar-refractivity contribution is 7.92. The summed E-state index contributed by atoms with van der Waals surface area (Å²) >= 11 is 0. The minimum atomic E-state index is -3.60. The van der Waals surface area contributed by atoms with E-state index in [2.05, 4.69) is 44.4 Å². The lowest BCUT2D eigenvalue weighted by Gasteiger charge is -2.32. The Kier molecular flexibility index (Phi) is 8.79. The highest BCUT2D eigenvalue weighted by Crippen LogP contribution is 2.42. The average Bonchev–Trinajstić information content (AvgIpc) is 3.59. The van der Waals surface area contributed by atoms with Crippen molar-refractivity contribution >= 4 is 33.1 Å². The lowest BCUT2D eigenvalue weighted by Crippen LogP contribution is -2.37. The topological polar surface area (TPSA) is 139 Å². The van der Waals surface area contributed by atoms with Crippen molar-refractivity contribution < 1.29 is 22.7 Å². The monoisotopic (exact) mass is 675 g/mol. The molecule has 13 heteroatoms. The maximum Gasteiger partial charge on any atom is 0.319 e. The number of pyridine rings is 1. The number of anilines is 2. The van der Waals surface area contributed by atoms with Gasteiger partial charge in [-0.15, -0.1) is 10.2 Å². The minimum Gasteiger partial charge on any atom is -0.492 e. The SMILES string of the molecule is COc1c(NC(=O)N[C@H]2CC[C@@H](Oc3ccc4nnc(C5(C)CCCN5C)n4c3)c3ccccc32)cc(C(C)(C)C)cc1NS(C)(=O)=O. The second kappa shape index (κ2) is 12.6. The van der Waals surface area contributed by atoms with Crippen LogP contribution in [0.5, 0.6) is 11.5 Å². The molecule has 1 aliphatic carbocycles. The molecule has 1 unspecified atom stereocenters. The molecular formula is C35H45N7O5S. The lowest BCUT2D eigenvalue weighted by molar-refractivity contribution is 0.170. The van der Waals surface area contributed by atoms with Crippen LogP contribution in [0.1, 0.15) is 88.0 Å². The molecule has 0 radical (unpaired) electrons. The molecule has 2 amide bonds. The fourth-order valence-corrected chi connectivity index (χ4v) is 7.39. The molecule has 1 fully saturated rings. The fraction of sp³-hybridized carbons (Fsp3) is 0.457. The molecule has 4 aromatic rings. The quantitative estimate of drug-likeness (QED) is 0.203. The predicted molar refractivity (Wildman–Crippen MR) is 186 cm³/mol. The van der Waals surface area contributed by atoms with Gasteiger partial charge in [-0.1, -0.05) is 45.0 Å². The zero-order valence-electron chi connectivity index (χ0n) is 28.6. The van der Waals surface area contributed by atoms with Crippen LogP contribution in [0, 0.1) is 0 Å². The van der Waals surface area contributed by atoms with E-state index in [4.69, 9.17) is 9.47 Å². The zero-order valence-corrected chi connectivity index (χ0v) is 29.4. The van der Waals surface area contributed by atoms with Gasteiger partial charge in [-0.25, -0.2) is 13.2 Å².